The lowest BCUT2D eigenvalue weighted by atomic mass is 9.88. The lowest BCUT2D eigenvalue weighted by Gasteiger charge is -2.26. The number of rotatable bonds is 8. The van der Waals surface area contributed by atoms with Crippen LogP contribution >= 0.6 is 0 Å². The molecule has 1 N–H and O–H groups in total. The highest BCUT2D eigenvalue weighted by Gasteiger charge is 2.30. The van der Waals surface area contributed by atoms with Gasteiger partial charge in [-0.25, -0.2) is 0 Å². The quantitative estimate of drug-likeness (QED) is 0.339. The Morgan fingerprint density at radius 2 is 1.71 bits per heavy atom. The summed E-state index contributed by atoms with van der Waals surface area (Å²) in [5.41, 5.74) is 2.16. The molecule has 0 aliphatic heterocycles. The Balaban J connectivity index is 1.52. The summed E-state index contributed by atoms with van der Waals surface area (Å²) in [7, 11) is 1.85. The maximum Gasteiger partial charge on any atom is 0.416 e. The van der Waals surface area contributed by atoms with Crippen molar-refractivity contribution in [3.8, 4) is 11.3 Å². The molecule has 2 aromatic carbocycles. The van der Waals surface area contributed by atoms with E-state index in [4.69, 9.17) is 0 Å². The molecule has 1 heterocycles. The van der Waals surface area contributed by atoms with E-state index in [0.717, 1.165) is 54.8 Å². The third-order valence-electron chi connectivity index (χ3n) is 7.33. The second-order valence-electron chi connectivity index (χ2n) is 10.0. The van der Waals surface area contributed by atoms with Crippen molar-refractivity contribution in [1.29, 1.82) is 0 Å². The number of aromatic nitrogens is 1. The van der Waals surface area contributed by atoms with E-state index in [1.165, 1.54) is 18.6 Å². The van der Waals surface area contributed by atoms with Gasteiger partial charge in [-0.2, -0.15) is 13.2 Å². The second-order valence-corrected chi connectivity index (χ2v) is 10.0. The minimum Gasteiger partial charge on any atom is -0.345 e. The summed E-state index contributed by atoms with van der Waals surface area (Å²) in [6, 6.07) is 16.1. The summed E-state index contributed by atoms with van der Waals surface area (Å²) < 4.78 is 41.4. The number of halogens is 3. The molecule has 38 heavy (non-hydrogen) atoms. The number of carbonyl (C=O) groups is 2. The SMILES string of the molecule is Cc1c(C(=O)Nc2cccc(C(F)(F)F)c2)cc(-c2ccccc2)n1CCCN(C)C(=O)C1CCCCC1. The number of amides is 2. The van der Waals surface area contributed by atoms with Crippen LogP contribution in [0.3, 0.4) is 0 Å². The molecule has 0 radical (unpaired) electrons. The molecule has 1 saturated carbocycles. The van der Waals surface area contributed by atoms with Gasteiger partial charge in [-0.1, -0.05) is 55.7 Å². The van der Waals surface area contributed by atoms with Crippen molar-refractivity contribution < 1.29 is 22.8 Å². The van der Waals surface area contributed by atoms with Crippen LogP contribution in [0, 0.1) is 12.8 Å². The fourth-order valence-corrected chi connectivity index (χ4v) is 5.22. The van der Waals surface area contributed by atoms with Crippen LogP contribution in [0.5, 0.6) is 0 Å². The Hall–Kier alpha value is -3.55. The van der Waals surface area contributed by atoms with Crippen LogP contribution in [0.4, 0.5) is 18.9 Å². The van der Waals surface area contributed by atoms with Crippen molar-refractivity contribution in [3.63, 3.8) is 0 Å². The van der Waals surface area contributed by atoms with Crippen LogP contribution in [-0.2, 0) is 17.5 Å². The molecular weight excluding hydrogens is 491 g/mol. The van der Waals surface area contributed by atoms with E-state index in [9.17, 15) is 22.8 Å². The number of benzene rings is 2. The van der Waals surface area contributed by atoms with Gasteiger partial charge in [0.1, 0.15) is 0 Å². The molecule has 1 fully saturated rings. The van der Waals surface area contributed by atoms with Crippen LogP contribution in [0.1, 0.15) is 60.1 Å². The largest absolute Gasteiger partial charge is 0.416 e. The van der Waals surface area contributed by atoms with Gasteiger partial charge in [0.05, 0.1) is 11.1 Å². The Morgan fingerprint density at radius 3 is 2.39 bits per heavy atom. The predicted molar refractivity (Wildman–Crippen MR) is 143 cm³/mol. The molecule has 0 unspecified atom stereocenters. The van der Waals surface area contributed by atoms with Gasteiger partial charge in [0.15, 0.2) is 0 Å². The Labute approximate surface area is 221 Å². The van der Waals surface area contributed by atoms with Gasteiger partial charge in [-0.15, -0.1) is 0 Å². The zero-order chi connectivity index (χ0) is 27.3. The average molecular weight is 526 g/mol. The van der Waals surface area contributed by atoms with E-state index in [1.807, 2.05) is 49.2 Å². The molecule has 3 aromatic rings. The summed E-state index contributed by atoms with van der Waals surface area (Å²) in [5.74, 6) is -0.145. The highest BCUT2D eigenvalue weighted by Crippen LogP contribution is 2.32. The molecule has 0 bridgehead atoms. The smallest absolute Gasteiger partial charge is 0.345 e. The van der Waals surface area contributed by atoms with Crippen molar-refractivity contribution in [2.24, 2.45) is 5.92 Å². The number of anilines is 1. The number of carbonyl (C=O) groups excluding carboxylic acids is 2. The second kappa shape index (κ2) is 11.9. The molecular formula is C30H34F3N3O2. The van der Waals surface area contributed by atoms with Crippen molar-refractivity contribution in [3.05, 3.63) is 77.5 Å². The van der Waals surface area contributed by atoms with Crippen molar-refractivity contribution in [2.45, 2.75) is 58.2 Å². The molecule has 0 spiro atoms. The average Bonchev–Trinajstić information content (AvgIpc) is 3.25. The zero-order valence-corrected chi connectivity index (χ0v) is 21.9. The lowest BCUT2D eigenvalue weighted by Crippen LogP contribution is -2.35. The van der Waals surface area contributed by atoms with Gasteiger partial charge in [0.25, 0.3) is 5.91 Å². The zero-order valence-electron chi connectivity index (χ0n) is 21.9. The van der Waals surface area contributed by atoms with E-state index < -0.39 is 17.6 Å². The van der Waals surface area contributed by atoms with Crippen LogP contribution in [0.15, 0.2) is 60.7 Å². The van der Waals surface area contributed by atoms with Gasteiger partial charge in [-0.3, -0.25) is 9.59 Å². The fourth-order valence-electron chi connectivity index (χ4n) is 5.22. The van der Waals surface area contributed by atoms with Gasteiger partial charge in [0.2, 0.25) is 5.91 Å². The summed E-state index contributed by atoms with van der Waals surface area (Å²) in [6.45, 7) is 3.03. The Kier molecular flexibility index (Phi) is 8.59. The molecule has 0 atom stereocenters. The van der Waals surface area contributed by atoms with Crippen LogP contribution in [-0.4, -0.2) is 34.9 Å². The van der Waals surface area contributed by atoms with Gasteiger partial charge in [-0.05, 0) is 56.0 Å². The summed E-state index contributed by atoms with van der Waals surface area (Å²) in [5, 5.41) is 2.62. The van der Waals surface area contributed by atoms with Crippen molar-refractivity contribution in [1.82, 2.24) is 9.47 Å². The minimum absolute atomic E-state index is 0.0843. The maximum absolute atomic E-state index is 13.2. The Morgan fingerprint density at radius 1 is 1.00 bits per heavy atom. The van der Waals surface area contributed by atoms with Gasteiger partial charge >= 0.3 is 6.18 Å². The molecule has 5 nitrogen and oxygen atoms in total. The van der Waals surface area contributed by atoms with E-state index in [1.54, 1.807) is 6.07 Å². The predicted octanol–water partition coefficient (Wildman–Crippen LogP) is 7.16. The van der Waals surface area contributed by atoms with Gasteiger partial charge in [0, 0.05) is 43.1 Å². The van der Waals surface area contributed by atoms with Crippen LogP contribution in [0.2, 0.25) is 0 Å². The van der Waals surface area contributed by atoms with Crippen LogP contribution in [0.25, 0.3) is 11.3 Å². The first-order valence-corrected chi connectivity index (χ1v) is 13.1. The minimum atomic E-state index is -4.49. The first-order valence-electron chi connectivity index (χ1n) is 13.1. The van der Waals surface area contributed by atoms with Crippen LogP contribution < -0.4 is 5.32 Å². The number of alkyl halides is 3. The van der Waals surface area contributed by atoms with E-state index in [-0.39, 0.29) is 17.5 Å². The normalized spacial score (nSPS) is 14.3. The molecule has 0 saturated heterocycles. The molecule has 1 aliphatic rings. The standard InChI is InChI=1S/C30H34F3N3O2/c1-21-26(28(37)34-25-16-9-15-24(19-25)30(31,32)33)20-27(22-11-5-3-6-12-22)36(21)18-10-17-35(2)29(38)23-13-7-4-8-14-23/h3,5-6,9,11-12,15-16,19-20,23H,4,7-8,10,13-14,17-18H2,1-2H3,(H,34,37). The summed E-state index contributed by atoms with van der Waals surface area (Å²) >= 11 is 0. The first kappa shape index (κ1) is 27.5. The number of nitrogens with one attached hydrogen (secondary N) is 1. The van der Waals surface area contributed by atoms with E-state index in [0.29, 0.717) is 25.1 Å². The number of hydrogen-bond acceptors (Lipinski definition) is 2. The maximum atomic E-state index is 13.2. The first-order chi connectivity index (χ1) is 18.1. The number of hydrogen-bond donors (Lipinski definition) is 1. The molecule has 1 aromatic heterocycles. The summed E-state index contributed by atoms with van der Waals surface area (Å²) in [4.78, 5) is 27.8. The highest BCUT2D eigenvalue weighted by molar-refractivity contribution is 6.06. The van der Waals surface area contributed by atoms with Crippen molar-refractivity contribution >= 4 is 17.5 Å². The van der Waals surface area contributed by atoms with Crippen molar-refractivity contribution in [2.75, 3.05) is 18.9 Å². The molecule has 2 amide bonds. The third kappa shape index (κ3) is 6.47. The fraction of sp³-hybridized carbons (Fsp3) is 0.400. The monoisotopic (exact) mass is 525 g/mol. The molecule has 8 heteroatoms. The lowest BCUT2D eigenvalue weighted by molar-refractivity contribution is -0.137. The molecule has 1 aliphatic carbocycles. The summed E-state index contributed by atoms with van der Waals surface area (Å²) in [6.07, 6.45) is 1.55. The van der Waals surface area contributed by atoms with E-state index >= 15 is 0 Å². The molecule has 202 valence electrons. The Bertz CT molecular complexity index is 1260. The van der Waals surface area contributed by atoms with E-state index in [2.05, 4.69) is 9.88 Å². The molecule has 4 rings (SSSR count). The highest BCUT2D eigenvalue weighted by atomic mass is 19.4. The third-order valence-corrected chi connectivity index (χ3v) is 7.33. The topological polar surface area (TPSA) is 54.3 Å². The number of nitrogens with zero attached hydrogens (tertiary/aromatic N) is 2. The van der Waals surface area contributed by atoms with Gasteiger partial charge < -0.3 is 14.8 Å².